The van der Waals surface area contributed by atoms with Gasteiger partial charge in [0.25, 0.3) is 0 Å². The number of aromatic hydroxyl groups is 1. The van der Waals surface area contributed by atoms with Gasteiger partial charge in [0, 0.05) is 13.1 Å². The van der Waals surface area contributed by atoms with Crippen LogP contribution in [0.5, 0.6) is 5.75 Å². The van der Waals surface area contributed by atoms with E-state index in [0.29, 0.717) is 19.5 Å². The minimum atomic E-state index is -0.626. The summed E-state index contributed by atoms with van der Waals surface area (Å²) >= 11 is 0. The van der Waals surface area contributed by atoms with Gasteiger partial charge in [0.2, 0.25) is 0 Å². The van der Waals surface area contributed by atoms with Crippen molar-refractivity contribution in [2.45, 2.75) is 19.6 Å². The number of rotatable bonds is 2. The molecule has 114 valence electrons. The second kappa shape index (κ2) is 6.05. The summed E-state index contributed by atoms with van der Waals surface area (Å²) in [6, 6.07) is 12.2. The molecule has 4 nitrogen and oxygen atoms in total. The van der Waals surface area contributed by atoms with Gasteiger partial charge < -0.3 is 14.7 Å². The third-order valence-corrected chi connectivity index (χ3v) is 3.74. The summed E-state index contributed by atoms with van der Waals surface area (Å²) in [6.07, 6.45) is 0.144. The number of ether oxygens (including phenoxy) is 1. The average Bonchev–Trinajstić information content (AvgIpc) is 2.54. The highest BCUT2D eigenvalue weighted by molar-refractivity contribution is 5.68. The molecule has 0 unspecified atom stereocenters. The van der Waals surface area contributed by atoms with Gasteiger partial charge in [0.1, 0.15) is 6.61 Å². The van der Waals surface area contributed by atoms with Crippen LogP contribution in [-0.2, 0) is 24.3 Å². The normalized spacial score (nSPS) is 13.6. The maximum atomic E-state index is 13.3. The van der Waals surface area contributed by atoms with E-state index in [0.717, 1.165) is 16.7 Å². The lowest BCUT2D eigenvalue weighted by molar-refractivity contribution is 0.0918. The first-order chi connectivity index (χ1) is 10.6. The molecule has 0 fully saturated rings. The summed E-state index contributed by atoms with van der Waals surface area (Å²) in [5.41, 5.74) is 2.50. The zero-order chi connectivity index (χ0) is 15.5. The maximum Gasteiger partial charge on any atom is 0.410 e. The number of benzene rings is 2. The first-order valence-electron chi connectivity index (χ1n) is 7.09. The molecule has 1 amide bonds. The third-order valence-electron chi connectivity index (χ3n) is 3.74. The predicted molar refractivity (Wildman–Crippen MR) is 78.8 cm³/mol. The van der Waals surface area contributed by atoms with E-state index in [-0.39, 0.29) is 6.61 Å². The number of carbonyl (C=O) groups is 1. The van der Waals surface area contributed by atoms with Crippen LogP contribution in [-0.4, -0.2) is 22.6 Å². The quantitative estimate of drug-likeness (QED) is 0.926. The molecule has 2 aromatic rings. The maximum absolute atomic E-state index is 13.3. The zero-order valence-electron chi connectivity index (χ0n) is 12.0. The zero-order valence-corrected chi connectivity index (χ0v) is 12.0. The van der Waals surface area contributed by atoms with Crippen LogP contribution < -0.4 is 0 Å². The van der Waals surface area contributed by atoms with Gasteiger partial charge in [-0.25, -0.2) is 9.18 Å². The van der Waals surface area contributed by atoms with E-state index in [1.165, 1.54) is 12.1 Å². The van der Waals surface area contributed by atoms with Gasteiger partial charge in [0.15, 0.2) is 11.6 Å². The lowest BCUT2D eigenvalue weighted by Crippen LogP contribution is -2.36. The van der Waals surface area contributed by atoms with Gasteiger partial charge in [0.05, 0.1) is 0 Å². The van der Waals surface area contributed by atoms with Crippen molar-refractivity contribution in [1.82, 2.24) is 4.90 Å². The van der Waals surface area contributed by atoms with Crippen LogP contribution in [0.3, 0.4) is 0 Å². The highest BCUT2D eigenvalue weighted by Crippen LogP contribution is 2.26. The van der Waals surface area contributed by atoms with Gasteiger partial charge >= 0.3 is 6.09 Å². The SMILES string of the molecule is O=C(OCc1ccccc1)N1CCc2cc(F)c(O)cc2C1. The molecule has 0 radical (unpaired) electrons. The summed E-state index contributed by atoms with van der Waals surface area (Å²) in [4.78, 5) is 13.7. The van der Waals surface area contributed by atoms with E-state index in [1.54, 1.807) is 4.90 Å². The predicted octanol–water partition coefficient (Wildman–Crippen LogP) is 3.23. The fraction of sp³-hybridized carbons (Fsp3) is 0.235. The standard InChI is InChI=1S/C17H16FNO3/c18-15-8-13-6-7-19(10-14(13)9-16(15)20)17(21)22-11-12-4-2-1-3-5-12/h1-5,8-9,20H,6-7,10-11H2. The smallest absolute Gasteiger partial charge is 0.410 e. The highest BCUT2D eigenvalue weighted by Gasteiger charge is 2.23. The van der Waals surface area contributed by atoms with Crippen LogP contribution in [0.4, 0.5) is 9.18 Å². The summed E-state index contributed by atoms with van der Waals surface area (Å²) in [5, 5.41) is 9.44. The molecular weight excluding hydrogens is 285 g/mol. The molecule has 1 N–H and O–H groups in total. The minimum Gasteiger partial charge on any atom is -0.505 e. The first-order valence-corrected chi connectivity index (χ1v) is 7.09. The average molecular weight is 301 g/mol. The number of fused-ring (bicyclic) bond motifs is 1. The molecule has 2 aromatic carbocycles. The number of nitrogens with zero attached hydrogens (tertiary/aromatic N) is 1. The number of carbonyl (C=O) groups excluding carboxylic acids is 1. The molecule has 0 saturated heterocycles. The molecular formula is C17H16FNO3. The number of halogens is 1. The molecule has 5 heteroatoms. The van der Waals surface area contributed by atoms with E-state index in [4.69, 9.17) is 4.74 Å². The fourth-order valence-corrected chi connectivity index (χ4v) is 2.53. The van der Waals surface area contributed by atoms with Crippen LogP contribution in [0.25, 0.3) is 0 Å². The monoisotopic (exact) mass is 301 g/mol. The van der Waals surface area contributed by atoms with Crippen molar-refractivity contribution < 1.29 is 19.0 Å². The lowest BCUT2D eigenvalue weighted by atomic mass is 9.99. The molecule has 1 aliphatic heterocycles. The summed E-state index contributed by atoms with van der Waals surface area (Å²) in [6.45, 7) is 1.01. The van der Waals surface area contributed by atoms with Crippen LogP contribution in [0.1, 0.15) is 16.7 Å². The molecule has 22 heavy (non-hydrogen) atoms. The molecule has 1 aliphatic rings. The van der Waals surface area contributed by atoms with E-state index >= 15 is 0 Å². The second-order valence-corrected chi connectivity index (χ2v) is 5.28. The first kappa shape index (κ1) is 14.4. The van der Waals surface area contributed by atoms with Crippen molar-refractivity contribution in [3.63, 3.8) is 0 Å². The van der Waals surface area contributed by atoms with Crippen molar-refractivity contribution in [3.8, 4) is 5.75 Å². The Morgan fingerprint density at radius 3 is 2.77 bits per heavy atom. The molecule has 0 aliphatic carbocycles. The Bertz CT molecular complexity index is 688. The second-order valence-electron chi connectivity index (χ2n) is 5.28. The Hall–Kier alpha value is -2.56. The number of hydrogen-bond donors (Lipinski definition) is 1. The molecule has 3 rings (SSSR count). The van der Waals surface area contributed by atoms with Crippen LogP contribution >= 0.6 is 0 Å². The van der Waals surface area contributed by atoms with Crippen molar-refractivity contribution in [3.05, 3.63) is 65.0 Å². The van der Waals surface area contributed by atoms with E-state index in [9.17, 15) is 14.3 Å². The van der Waals surface area contributed by atoms with Gasteiger partial charge in [-0.3, -0.25) is 0 Å². The number of phenolic OH excluding ortho intramolecular Hbond substituents is 1. The third kappa shape index (κ3) is 3.03. The largest absolute Gasteiger partial charge is 0.505 e. The molecule has 0 atom stereocenters. The van der Waals surface area contributed by atoms with Gasteiger partial charge in [-0.2, -0.15) is 0 Å². The fourth-order valence-electron chi connectivity index (χ4n) is 2.53. The van der Waals surface area contributed by atoms with Gasteiger partial charge in [-0.05, 0) is 35.2 Å². The lowest BCUT2D eigenvalue weighted by Gasteiger charge is -2.28. The van der Waals surface area contributed by atoms with Gasteiger partial charge in [-0.15, -0.1) is 0 Å². The van der Waals surface area contributed by atoms with Crippen molar-refractivity contribution >= 4 is 6.09 Å². The number of phenols is 1. The molecule has 0 spiro atoms. The Morgan fingerprint density at radius 2 is 2.00 bits per heavy atom. The Kier molecular flexibility index (Phi) is 3.96. The molecule has 0 aromatic heterocycles. The van der Waals surface area contributed by atoms with E-state index in [2.05, 4.69) is 0 Å². The topological polar surface area (TPSA) is 49.8 Å². The molecule has 0 saturated carbocycles. The number of hydrogen-bond acceptors (Lipinski definition) is 3. The summed E-state index contributed by atoms with van der Waals surface area (Å²) < 4.78 is 18.6. The van der Waals surface area contributed by atoms with E-state index < -0.39 is 17.7 Å². The molecule has 1 heterocycles. The Balaban J connectivity index is 1.64. The van der Waals surface area contributed by atoms with Crippen molar-refractivity contribution in [2.75, 3.05) is 6.54 Å². The minimum absolute atomic E-state index is 0.220. The van der Waals surface area contributed by atoms with Crippen LogP contribution in [0, 0.1) is 5.82 Å². The van der Waals surface area contributed by atoms with Crippen LogP contribution in [0.15, 0.2) is 42.5 Å². The van der Waals surface area contributed by atoms with Crippen molar-refractivity contribution in [2.24, 2.45) is 0 Å². The highest BCUT2D eigenvalue weighted by atomic mass is 19.1. The van der Waals surface area contributed by atoms with Crippen LogP contribution in [0.2, 0.25) is 0 Å². The summed E-state index contributed by atoms with van der Waals surface area (Å²) in [5.74, 6) is -1.02. The Morgan fingerprint density at radius 1 is 1.23 bits per heavy atom. The Labute approximate surface area is 127 Å². The summed E-state index contributed by atoms with van der Waals surface area (Å²) in [7, 11) is 0. The van der Waals surface area contributed by atoms with E-state index in [1.807, 2.05) is 30.3 Å². The number of amides is 1. The molecule has 0 bridgehead atoms. The van der Waals surface area contributed by atoms with Gasteiger partial charge in [-0.1, -0.05) is 30.3 Å². The van der Waals surface area contributed by atoms with Crippen molar-refractivity contribution in [1.29, 1.82) is 0 Å².